The van der Waals surface area contributed by atoms with Gasteiger partial charge in [0.1, 0.15) is 0 Å². The van der Waals surface area contributed by atoms with Crippen LogP contribution in [0.4, 0.5) is 0 Å². The van der Waals surface area contributed by atoms with Gasteiger partial charge in [0.25, 0.3) is 5.91 Å². The van der Waals surface area contributed by atoms with Crippen LogP contribution in [0.3, 0.4) is 0 Å². The van der Waals surface area contributed by atoms with Gasteiger partial charge in [-0.3, -0.25) is 9.59 Å². The van der Waals surface area contributed by atoms with E-state index in [0.29, 0.717) is 23.7 Å². The number of hydrogen-bond donors (Lipinski definition) is 1. The molecule has 2 amide bonds. The number of benzene rings is 2. The average molecular weight is 397 g/mol. The van der Waals surface area contributed by atoms with Gasteiger partial charge in [0.2, 0.25) is 5.91 Å². The van der Waals surface area contributed by atoms with Crippen molar-refractivity contribution in [3.8, 4) is 0 Å². The SMILES string of the molecule is C=CCNC(=O)[C@H]1c2ccccc2C(=O)N(CCCC)[C@@H]1c1cccc(Cl)c1. The third-order valence-electron chi connectivity index (χ3n) is 5.08. The highest BCUT2D eigenvalue weighted by Gasteiger charge is 2.43. The number of amides is 2. The molecule has 5 heteroatoms. The van der Waals surface area contributed by atoms with Gasteiger partial charge < -0.3 is 10.2 Å². The van der Waals surface area contributed by atoms with E-state index < -0.39 is 12.0 Å². The predicted molar refractivity (Wildman–Crippen MR) is 113 cm³/mol. The van der Waals surface area contributed by atoms with E-state index in [2.05, 4.69) is 18.8 Å². The van der Waals surface area contributed by atoms with Crippen LogP contribution >= 0.6 is 11.6 Å². The Balaban J connectivity index is 2.16. The molecule has 0 fully saturated rings. The molecule has 28 heavy (non-hydrogen) atoms. The molecule has 0 radical (unpaired) electrons. The molecule has 2 aromatic rings. The van der Waals surface area contributed by atoms with Crippen molar-refractivity contribution in [2.45, 2.75) is 31.7 Å². The van der Waals surface area contributed by atoms with Crippen molar-refractivity contribution in [3.05, 3.63) is 82.9 Å². The van der Waals surface area contributed by atoms with Gasteiger partial charge >= 0.3 is 0 Å². The van der Waals surface area contributed by atoms with Gasteiger partial charge in [-0.1, -0.05) is 61.4 Å². The Kier molecular flexibility index (Phi) is 6.53. The van der Waals surface area contributed by atoms with Crippen molar-refractivity contribution in [3.63, 3.8) is 0 Å². The molecule has 2 atom stereocenters. The van der Waals surface area contributed by atoms with Crippen LogP contribution in [0.5, 0.6) is 0 Å². The van der Waals surface area contributed by atoms with E-state index in [0.717, 1.165) is 24.0 Å². The summed E-state index contributed by atoms with van der Waals surface area (Å²) >= 11 is 6.25. The molecule has 0 aliphatic carbocycles. The van der Waals surface area contributed by atoms with Crippen molar-refractivity contribution >= 4 is 23.4 Å². The lowest BCUT2D eigenvalue weighted by atomic mass is 9.79. The number of carbonyl (C=O) groups is 2. The summed E-state index contributed by atoms with van der Waals surface area (Å²) < 4.78 is 0. The molecule has 0 unspecified atom stereocenters. The van der Waals surface area contributed by atoms with Crippen molar-refractivity contribution in [1.82, 2.24) is 10.2 Å². The smallest absolute Gasteiger partial charge is 0.254 e. The minimum atomic E-state index is -0.510. The van der Waals surface area contributed by atoms with Gasteiger partial charge in [-0.05, 0) is 35.7 Å². The van der Waals surface area contributed by atoms with E-state index in [4.69, 9.17) is 11.6 Å². The molecule has 0 bridgehead atoms. The summed E-state index contributed by atoms with van der Waals surface area (Å²) in [7, 11) is 0. The van der Waals surface area contributed by atoms with Crippen LogP contribution in [0.2, 0.25) is 5.02 Å². The quantitative estimate of drug-likeness (QED) is 0.688. The number of unbranched alkanes of at least 4 members (excludes halogenated alkanes) is 1. The Bertz CT molecular complexity index is 880. The molecule has 1 N–H and O–H groups in total. The molecule has 4 nitrogen and oxygen atoms in total. The van der Waals surface area contributed by atoms with Crippen LogP contribution in [-0.2, 0) is 4.79 Å². The number of carbonyl (C=O) groups excluding carboxylic acids is 2. The number of nitrogens with zero attached hydrogens (tertiary/aromatic N) is 1. The maximum absolute atomic E-state index is 13.3. The Morgan fingerprint density at radius 2 is 2.04 bits per heavy atom. The van der Waals surface area contributed by atoms with E-state index >= 15 is 0 Å². The number of rotatable bonds is 7. The molecule has 0 aromatic heterocycles. The molecule has 1 heterocycles. The lowest BCUT2D eigenvalue weighted by Crippen LogP contribution is -2.47. The first kappa shape index (κ1) is 20.2. The second-order valence-corrected chi connectivity index (χ2v) is 7.39. The van der Waals surface area contributed by atoms with E-state index in [1.54, 1.807) is 18.2 Å². The van der Waals surface area contributed by atoms with Gasteiger partial charge in [-0.15, -0.1) is 6.58 Å². The van der Waals surface area contributed by atoms with E-state index in [-0.39, 0.29) is 11.8 Å². The minimum Gasteiger partial charge on any atom is -0.352 e. The topological polar surface area (TPSA) is 49.4 Å². The van der Waals surface area contributed by atoms with Crippen LogP contribution in [0.1, 0.15) is 53.2 Å². The molecular weight excluding hydrogens is 372 g/mol. The summed E-state index contributed by atoms with van der Waals surface area (Å²) in [6.45, 7) is 6.74. The van der Waals surface area contributed by atoms with E-state index in [1.165, 1.54) is 0 Å². The number of fused-ring (bicyclic) bond motifs is 1. The molecule has 0 saturated heterocycles. The first-order valence-corrected chi connectivity index (χ1v) is 10.00. The zero-order chi connectivity index (χ0) is 20.1. The summed E-state index contributed by atoms with van der Waals surface area (Å²) in [6, 6.07) is 14.4. The van der Waals surface area contributed by atoms with Crippen molar-refractivity contribution < 1.29 is 9.59 Å². The van der Waals surface area contributed by atoms with Crippen molar-refractivity contribution in [1.29, 1.82) is 0 Å². The van der Waals surface area contributed by atoms with Crippen molar-refractivity contribution in [2.75, 3.05) is 13.1 Å². The fraction of sp³-hybridized carbons (Fsp3) is 0.304. The normalized spacial score (nSPS) is 18.5. The van der Waals surface area contributed by atoms with Gasteiger partial charge in [-0.25, -0.2) is 0 Å². The summed E-state index contributed by atoms with van der Waals surface area (Å²) in [5.74, 6) is -0.669. The maximum atomic E-state index is 13.3. The van der Waals surface area contributed by atoms with E-state index in [1.807, 2.05) is 41.3 Å². The van der Waals surface area contributed by atoms with E-state index in [9.17, 15) is 9.59 Å². The van der Waals surface area contributed by atoms with Gasteiger partial charge in [0.05, 0.1) is 12.0 Å². The summed E-state index contributed by atoms with van der Waals surface area (Å²) in [5.41, 5.74) is 2.22. The minimum absolute atomic E-state index is 0.0400. The molecule has 2 aromatic carbocycles. The first-order valence-electron chi connectivity index (χ1n) is 9.62. The van der Waals surface area contributed by atoms with Gasteiger partial charge in [0, 0.05) is 23.7 Å². The molecule has 3 rings (SSSR count). The fourth-order valence-electron chi connectivity index (χ4n) is 3.79. The molecule has 0 spiro atoms. The number of nitrogens with one attached hydrogen (secondary N) is 1. The largest absolute Gasteiger partial charge is 0.352 e. The molecule has 1 aliphatic heterocycles. The average Bonchev–Trinajstić information content (AvgIpc) is 2.71. The maximum Gasteiger partial charge on any atom is 0.254 e. The van der Waals surface area contributed by atoms with Crippen molar-refractivity contribution in [2.24, 2.45) is 0 Å². The van der Waals surface area contributed by atoms with Crippen LogP contribution in [-0.4, -0.2) is 29.8 Å². The highest BCUT2D eigenvalue weighted by molar-refractivity contribution is 6.30. The summed E-state index contributed by atoms with van der Waals surface area (Å²) in [4.78, 5) is 28.3. The van der Waals surface area contributed by atoms with Gasteiger partial charge in [-0.2, -0.15) is 0 Å². The fourth-order valence-corrected chi connectivity index (χ4v) is 3.99. The van der Waals surface area contributed by atoms with Crippen LogP contribution in [0, 0.1) is 0 Å². The lowest BCUT2D eigenvalue weighted by molar-refractivity contribution is -0.124. The first-order chi connectivity index (χ1) is 13.6. The Morgan fingerprint density at radius 1 is 1.25 bits per heavy atom. The zero-order valence-corrected chi connectivity index (χ0v) is 16.8. The molecular formula is C23H25ClN2O2. The summed E-state index contributed by atoms with van der Waals surface area (Å²) in [6.07, 6.45) is 3.48. The van der Waals surface area contributed by atoms with Gasteiger partial charge in [0.15, 0.2) is 0 Å². The standard InChI is InChI=1S/C23H25ClN2O2/c1-3-5-14-26-21(16-9-8-10-17(24)15-16)20(22(27)25-13-4-2)18-11-6-7-12-19(18)23(26)28/h4,6-12,15,20-21H,2-3,5,13-14H2,1H3,(H,25,27)/t20-,21+/m0/s1. The molecule has 1 aliphatic rings. The second kappa shape index (κ2) is 9.07. The van der Waals surface area contributed by atoms with Crippen LogP contribution in [0.25, 0.3) is 0 Å². The molecule has 0 saturated carbocycles. The highest BCUT2D eigenvalue weighted by atomic mass is 35.5. The number of hydrogen-bond acceptors (Lipinski definition) is 2. The van der Waals surface area contributed by atoms with Crippen LogP contribution < -0.4 is 5.32 Å². The predicted octanol–water partition coefficient (Wildman–Crippen LogP) is 4.72. The third kappa shape index (κ3) is 3.97. The van der Waals surface area contributed by atoms with Crippen LogP contribution in [0.15, 0.2) is 61.2 Å². The second-order valence-electron chi connectivity index (χ2n) is 6.95. The monoisotopic (exact) mass is 396 g/mol. The molecule has 146 valence electrons. The zero-order valence-electron chi connectivity index (χ0n) is 16.0. The lowest BCUT2D eigenvalue weighted by Gasteiger charge is -2.42. The Morgan fingerprint density at radius 3 is 2.75 bits per heavy atom. The number of halogens is 1. The third-order valence-corrected chi connectivity index (χ3v) is 5.32. The summed E-state index contributed by atoms with van der Waals surface area (Å²) in [5, 5.41) is 3.51. The Labute approximate surface area is 171 Å². The highest BCUT2D eigenvalue weighted by Crippen LogP contribution is 2.43. The Hall–Kier alpha value is -2.59.